The number of anilines is 3. The van der Waals surface area contributed by atoms with Gasteiger partial charge in [0.2, 0.25) is 0 Å². The molecule has 0 spiro atoms. The number of hydrogen-bond acceptors (Lipinski definition) is 2. The quantitative estimate of drug-likeness (QED) is 0.148. The normalized spacial score (nSPS) is 11.3. The van der Waals surface area contributed by atoms with E-state index in [1.165, 1.54) is 81.0 Å². The second-order valence-electron chi connectivity index (χ2n) is 15.2. The number of fused-ring (bicyclic) bond motifs is 4. The van der Waals surface area contributed by atoms with Crippen LogP contribution in [0.1, 0.15) is 0 Å². The van der Waals surface area contributed by atoms with Crippen LogP contribution in [-0.2, 0) is 0 Å². The van der Waals surface area contributed by atoms with Crippen molar-refractivity contribution in [3.8, 4) is 55.6 Å². The van der Waals surface area contributed by atoms with Crippen LogP contribution in [0.25, 0.3) is 86.6 Å². The fourth-order valence-corrected chi connectivity index (χ4v) is 10.0. The van der Waals surface area contributed by atoms with Crippen LogP contribution in [0.15, 0.2) is 237 Å². The molecule has 2 heteroatoms. The molecular formula is C58H39NS. The molecule has 0 aliphatic heterocycles. The summed E-state index contributed by atoms with van der Waals surface area (Å²) in [5.41, 5.74) is 15.3. The first-order chi connectivity index (χ1) is 29.8. The fraction of sp³-hybridized carbons (Fsp3) is 0. The number of nitrogens with zero attached hydrogens (tertiary/aromatic N) is 1. The summed E-state index contributed by atoms with van der Waals surface area (Å²) in [6.45, 7) is 0. The van der Waals surface area contributed by atoms with E-state index in [9.17, 15) is 0 Å². The van der Waals surface area contributed by atoms with Crippen LogP contribution in [0.4, 0.5) is 17.1 Å². The number of rotatable bonds is 8. The lowest BCUT2D eigenvalue weighted by molar-refractivity contribution is 1.28. The Bertz CT molecular complexity index is 3310. The van der Waals surface area contributed by atoms with Crippen LogP contribution in [0, 0.1) is 0 Å². The topological polar surface area (TPSA) is 3.24 Å². The molecule has 1 aromatic heterocycles. The van der Waals surface area contributed by atoms with Gasteiger partial charge in [0, 0.05) is 37.1 Å². The molecule has 11 rings (SSSR count). The minimum Gasteiger partial charge on any atom is -0.310 e. The first-order valence-corrected chi connectivity index (χ1v) is 21.3. The second-order valence-corrected chi connectivity index (χ2v) is 16.3. The summed E-state index contributed by atoms with van der Waals surface area (Å²) < 4.78 is 2.64. The summed E-state index contributed by atoms with van der Waals surface area (Å²) in [5.74, 6) is 0. The average Bonchev–Trinajstić information content (AvgIpc) is 3.72. The largest absolute Gasteiger partial charge is 0.310 e. The molecule has 282 valence electrons. The number of para-hydroxylation sites is 1. The third-order valence-corrected chi connectivity index (χ3v) is 12.9. The van der Waals surface area contributed by atoms with E-state index in [0.29, 0.717) is 0 Å². The lowest BCUT2D eigenvalue weighted by Gasteiger charge is -2.29. The Labute approximate surface area is 354 Å². The molecule has 0 aliphatic rings. The molecule has 0 radical (unpaired) electrons. The van der Waals surface area contributed by atoms with Gasteiger partial charge in [-0.3, -0.25) is 0 Å². The van der Waals surface area contributed by atoms with Crippen molar-refractivity contribution in [1.29, 1.82) is 0 Å². The molecule has 0 N–H and O–H groups in total. The second kappa shape index (κ2) is 15.3. The lowest BCUT2D eigenvalue weighted by Crippen LogP contribution is -2.11. The van der Waals surface area contributed by atoms with Crippen molar-refractivity contribution in [2.45, 2.75) is 0 Å². The van der Waals surface area contributed by atoms with E-state index in [4.69, 9.17) is 0 Å². The van der Waals surface area contributed by atoms with Crippen molar-refractivity contribution < 1.29 is 0 Å². The first-order valence-electron chi connectivity index (χ1n) is 20.5. The highest BCUT2D eigenvalue weighted by molar-refractivity contribution is 7.26. The standard InChI is InChI=1S/C58H39NS/c1-2-16-42(17-3-1)48-19-6-7-20-50(48)51-21-8-9-22-52(51)53-23-10-12-27-56(53)59(46-35-31-41(32-36-46)45-30-29-40-15-4-5-18-44(40)39-45)47-37-33-43(34-38-47)49-25-14-26-55-54-24-11-13-28-57(54)60-58(49)55/h1-39H. The Morgan fingerprint density at radius 2 is 0.783 bits per heavy atom. The molecule has 1 heterocycles. The number of hydrogen-bond donors (Lipinski definition) is 0. The Kier molecular flexibility index (Phi) is 9.11. The maximum absolute atomic E-state index is 2.42. The van der Waals surface area contributed by atoms with Crippen molar-refractivity contribution in [2.75, 3.05) is 4.90 Å². The molecule has 0 amide bonds. The van der Waals surface area contributed by atoms with Gasteiger partial charge in [0.15, 0.2) is 0 Å². The van der Waals surface area contributed by atoms with E-state index in [0.717, 1.165) is 22.6 Å². The van der Waals surface area contributed by atoms with Gasteiger partial charge in [0.25, 0.3) is 0 Å². The van der Waals surface area contributed by atoms with Gasteiger partial charge in [0.05, 0.1) is 5.69 Å². The molecule has 60 heavy (non-hydrogen) atoms. The SMILES string of the molecule is c1ccc(-c2ccccc2-c2ccccc2-c2ccccc2N(c2ccc(-c3ccc4ccccc4c3)cc2)c2ccc(-c3cccc4c3sc3ccccc34)cc2)cc1. The van der Waals surface area contributed by atoms with Crippen molar-refractivity contribution in [3.05, 3.63) is 237 Å². The van der Waals surface area contributed by atoms with Crippen LogP contribution in [-0.4, -0.2) is 0 Å². The Hall–Kier alpha value is -7.52. The third-order valence-electron chi connectivity index (χ3n) is 11.7. The molecule has 0 saturated heterocycles. The van der Waals surface area contributed by atoms with E-state index in [-0.39, 0.29) is 0 Å². The summed E-state index contributed by atoms with van der Waals surface area (Å²) >= 11 is 1.88. The van der Waals surface area contributed by atoms with E-state index in [2.05, 4.69) is 241 Å². The molecule has 0 unspecified atom stereocenters. The van der Waals surface area contributed by atoms with Gasteiger partial charge in [-0.1, -0.05) is 194 Å². The molecule has 0 aliphatic carbocycles. The monoisotopic (exact) mass is 781 g/mol. The summed E-state index contributed by atoms with van der Waals surface area (Å²) in [4.78, 5) is 2.42. The molecule has 11 aromatic rings. The van der Waals surface area contributed by atoms with Gasteiger partial charge in [0.1, 0.15) is 0 Å². The summed E-state index contributed by atoms with van der Waals surface area (Å²) in [7, 11) is 0. The number of benzene rings is 10. The predicted octanol–water partition coefficient (Wildman–Crippen LogP) is 17.0. The summed E-state index contributed by atoms with van der Waals surface area (Å²) in [6, 6.07) is 86.1. The van der Waals surface area contributed by atoms with E-state index >= 15 is 0 Å². The first kappa shape index (κ1) is 35.6. The van der Waals surface area contributed by atoms with Gasteiger partial charge in [-0.25, -0.2) is 0 Å². The van der Waals surface area contributed by atoms with Crippen molar-refractivity contribution in [2.24, 2.45) is 0 Å². The molecule has 0 atom stereocenters. The minimum absolute atomic E-state index is 1.09. The zero-order chi connectivity index (χ0) is 39.8. The smallest absolute Gasteiger partial charge is 0.0540 e. The summed E-state index contributed by atoms with van der Waals surface area (Å²) in [5, 5.41) is 5.12. The molecule has 0 saturated carbocycles. The van der Waals surface area contributed by atoms with Gasteiger partial charge in [-0.2, -0.15) is 0 Å². The van der Waals surface area contributed by atoms with Gasteiger partial charge < -0.3 is 4.90 Å². The van der Waals surface area contributed by atoms with Gasteiger partial charge in [-0.15, -0.1) is 11.3 Å². The predicted molar refractivity (Wildman–Crippen MR) is 259 cm³/mol. The zero-order valence-corrected chi connectivity index (χ0v) is 33.7. The molecular weight excluding hydrogens is 743 g/mol. The van der Waals surface area contributed by atoms with E-state index in [1.807, 2.05) is 11.3 Å². The molecule has 0 bridgehead atoms. The van der Waals surface area contributed by atoms with Crippen LogP contribution in [0.2, 0.25) is 0 Å². The van der Waals surface area contributed by atoms with Crippen LogP contribution < -0.4 is 4.90 Å². The Balaban J connectivity index is 1.06. The maximum atomic E-state index is 2.42. The Morgan fingerprint density at radius 3 is 1.53 bits per heavy atom. The van der Waals surface area contributed by atoms with Crippen LogP contribution >= 0.6 is 11.3 Å². The minimum atomic E-state index is 1.09. The highest BCUT2D eigenvalue weighted by Crippen LogP contribution is 2.46. The van der Waals surface area contributed by atoms with Crippen molar-refractivity contribution in [3.63, 3.8) is 0 Å². The van der Waals surface area contributed by atoms with E-state index in [1.54, 1.807) is 0 Å². The van der Waals surface area contributed by atoms with Crippen LogP contribution in [0.5, 0.6) is 0 Å². The summed E-state index contributed by atoms with van der Waals surface area (Å²) in [6.07, 6.45) is 0. The van der Waals surface area contributed by atoms with Gasteiger partial charge in [-0.05, 0) is 103 Å². The number of thiophene rings is 1. The highest BCUT2D eigenvalue weighted by Gasteiger charge is 2.21. The lowest BCUT2D eigenvalue weighted by atomic mass is 9.88. The molecule has 10 aromatic carbocycles. The maximum Gasteiger partial charge on any atom is 0.0540 e. The molecule has 1 nitrogen and oxygen atoms in total. The highest BCUT2D eigenvalue weighted by atomic mass is 32.1. The fourth-order valence-electron chi connectivity index (χ4n) is 8.80. The van der Waals surface area contributed by atoms with Crippen molar-refractivity contribution >= 4 is 59.3 Å². The third kappa shape index (κ3) is 6.44. The van der Waals surface area contributed by atoms with Crippen molar-refractivity contribution in [1.82, 2.24) is 0 Å². The van der Waals surface area contributed by atoms with Crippen LogP contribution in [0.3, 0.4) is 0 Å². The molecule has 0 fully saturated rings. The Morgan fingerprint density at radius 1 is 0.283 bits per heavy atom. The average molecular weight is 782 g/mol. The van der Waals surface area contributed by atoms with Gasteiger partial charge >= 0.3 is 0 Å². The zero-order valence-electron chi connectivity index (χ0n) is 32.9. The van der Waals surface area contributed by atoms with E-state index < -0.39 is 0 Å².